The molecule has 0 unspecified atom stereocenters. The van der Waals surface area contributed by atoms with E-state index in [1.54, 1.807) is 25.2 Å². The quantitative estimate of drug-likeness (QED) is 0.815. The lowest BCUT2D eigenvalue weighted by molar-refractivity contribution is -0.162. The van der Waals surface area contributed by atoms with Crippen LogP contribution in [-0.4, -0.2) is 65.7 Å². The first-order chi connectivity index (χ1) is 12.8. The number of carbonyl (C=O) groups is 3. The molecule has 8 nitrogen and oxygen atoms in total. The van der Waals surface area contributed by atoms with Gasteiger partial charge in [-0.1, -0.05) is 13.3 Å². The first kappa shape index (κ1) is 19.2. The van der Waals surface area contributed by atoms with E-state index < -0.39 is 17.5 Å². The highest BCUT2D eigenvalue weighted by Crippen LogP contribution is 2.38. The van der Waals surface area contributed by atoms with E-state index in [0.717, 1.165) is 0 Å². The third-order valence-electron chi connectivity index (χ3n) is 5.56. The van der Waals surface area contributed by atoms with E-state index in [-0.39, 0.29) is 37.9 Å². The van der Waals surface area contributed by atoms with Crippen LogP contribution < -0.4 is 9.64 Å². The summed E-state index contributed by atoms with van der Waals surface area (Å²) in [5.74, 6) is -1.000. The first-order valence-electron chi connectivity index (χ1n) is 9.04. The number of benzene rings is 1. The number of anilines is 1. The Balaban J connectivity index is 1.80. The smallest absolute Gasteiger partial charge is 0.312 e. The normalized spacial score (nSPS) is 25.0. The molecule has 0 radical (unpaired) electrons. The van der Waals surface area contributed by atoms with E-state index in [1.807, 2.05) is 6.92 Å². The zero-order chi connectivity index (χ0) is 19.8. The Morgan fingerprint density at radius 1 is 1.37 bits per heavy atom. The Morgan fingerprint density at radius 2 is 2.11 bits per heavy atom. The summed E-state index contributed by atoms with van der Waals surface area (Å²) in [4.78, 5) is 39.3. The number of carboxylic acid groups (broad SMARTS) is 1. The van der Waals surface area contributed by atoms with Gasteiger partial charge in [-0.15, -0.1) is 0 Å². The zero-order valence-corrected chi connectivity index (χ0v) is 15.5. The van der Waals surface area contributed by atoms with Crippen LogP contribution in [0.3, 0.4) is 0 Å². The van der Waals surface area contributed by atoms with Gasteiger partial charge in [-0.2, -0.15) is 0 Å². The van der Waals surface area contributed by atoms with Crippen molar-refractivity contribution in [2.24, 2.45) is 5.41 Å². The number of nitrogens with zero attached hydrogens (tertiary/aromatic N) is 2. The van der Waals surface area contributed by atoms with Crippen LogP contribution >= 0.6 is 0 Å². The fraction of sp³-hybridized carbons (Fsp3) is 0.526. The fourth-order valence-corrected chi connectivity index (χ4v) is 3.84. The molecule has 27 heavy (non-hydrogen) atoms. The van der Waals surface area contributed by atoms with Crippen LogP contribution in [0.15, 0.2) is 18.2 Å². The molecule has 0 spiro atoms. The van der Waals surface area contributed by atoms with Crippen molar-refractivity contribution in [1.29, 1.82) is 0 Å². The summed E-state index contributed by atoms with van der Waals surface area (Å²) in [5.41, 5.74) is -0.327. The van der Waals surface area contributed by atoms with Crippen LogP contribution in [0.5, 0.6) is 5.75 Å². The molecule has 2 aliphatic heterocycles. The average Bonchev–Trinajstić information content (AvgIpc) is 2.65. The lowest BCUT2D eigenvalue weighted by Crippen LogP contribution is -2.56. The molecule has 0 aliphatic carbocycles. The third-order valence-corrected chi connectivity index (χ3v) is 5.56. The molecular weight excluding hydrogens is 352 g/mol. The van der Waals surface area contributed by atoms with E-state index in [1.165, 1.54) is 9.80 Å². The molecule has 1 saturated heterocycles. The summed E-state index contributed by atoms with van der Waals surface area (Å²) in [7, 11) is 1.62. The van der Waals surface area contributed by atoms with Gasteiger partial charge in [-0.3, -0.25) is 14.4 Å². The molecule has 0 bridgehead atoms. The SMILES string of the molecule is CCC[C@]1(C(=O)O)CCN(C(=O)c2ccc3c(c2)N(C)C(=O)CO3)C[C@H]1O. The lowest BCUT2D eigenvalue weighted by Gasteiger charge is -2.42. The van der Waals surface area contributed by atoms with Crippen molar-refractivity contribution >= 4 is 23.5 Å². The van der Waals surface area contributed by atoms with Crippen molar-refractivity contribution < 1.29 is 29.3 Å². The van der Waals surface area contributed by atoms with Crippen LogP contribution in [0.4, 0.5) is 5.69 Å². The molecule has 2 heterocycles. The Kier molecular flexibility index (Phi) is 5.10. The van der Waals surface area contributed by atoms with Crippen molar-refractivity contribution in [3.8, 4) is 5.75 Å². The Morgan fingerprint density at radius 3 is 2.74 bits per heavy atom. The summed E-state index contributed by atoms with van der Waals surface area (Å²) in [6.45, 7) is 2.06. The van der Waals surface area contributed by atoms with Crippen LogP contribution in [0.2, 0.25) is 0 Å². The number of hydrogen-bond acceptors (Lipinski definition) is 5. The maximum absolute atomic E-state index is 12.9. The van der Waals surface area contributed by atoms with E-state index in [0.29, 0.717) is 29.8 Å². The average molecular weight is 376 g/mol. The number of carbonyl (C=O) groups excluding carboxylic acids is 2. The summed E-state index contributed by atoms with van der Waals surface area (Å²) in [6, 6.07) is 4.85. The Hall–Kier alpha value is -2.61. The van der Waals surface area contributed by atoms with Gasteiger partial charge >= 0.3 is 5.97 Å². The second-order valence-electron chi connectivity index (χ2n) is 7.15. The predicted molar refractivity (Wildman–Crippen MR) is 96.9 cm³/mol. The molecule has 2 N–H and O–H groups in total. The first-order valence-corrected chi connectivity index (χ1v) is 9.04. The molecule has 0 aromatic heterocycles. The molecule has 146 valence electrons. The molecule has 1 aromatic carbocycles. The molecule has 1 fully saturated rings. The number of rotatable bonds is 4. The van der Waals surface area contributed by atoms with Gasteiger partial charge in [0.05, 0.1) is 17.2 Å². The topological polar surface area (TPSA) is 107 Å². The van der Waals surface area contributed by atoms with Gasteiger partial charge in [0.15, 0.2) is 6.61 Å². The van der Waals surface area contributed by atoms with Gasteiger partial charge in [-0.25, -0.2) is 0 Å². The molecule has 2 amide bonds. The van der Waals surface area contributed by atoms with Crippen LogP contribution in [0.1, 0.15) is 36.5 Å². The van der Waals surface area contributed by atoms with Gasteiger partial charge in [0, 0.05) is 25.7 Å². The van der Waals surface area contributed by atoms with E-state index in [4.69, 9.17) is 4.74 Å². The summed E-state index contributed by atoms with van der Waals surface area (Å²) in [5, 5.41) is 20.1. The number of β-amino-alcohol motifs (C(OH)–C–C–N with tert-alkyl or cyclic N) is 1. The fourth-order valence-electron chi connectivity index (χ4n) is 3.84. The summed E-state index contributed by atoms with van der Waals surface area (Å²) in [6.07, 6.45) is 0.0879. The van der Waals surface area contributed by atoms with E-state index in [2.05, 4.69) is 0 Å². The van der Waals surface area contributed by atoms with Crippen LogP contribution in [0, 0.1) is 5.41 Å². The number of aliphatic hydroxyl groups excluding tert-OH is 1. The molecular formula is C19H24N2O6. The number of hydrogen-bond donors (Lipinski definition) is 2. The molecule has 8 heteroatoms. The highest BCUT2D eigenvalue weighted by molar-refractivity contribution is 6.01. The van der Waals surface area contributed by atoms with Crippen molar-refractivity contribution in [2.75, 3.05) is 31.6 Å². The van der Waals surface area contributed by atoms with Crippen LogP contribution in [-0.2, 0) is 9.59 Å². The minimum atomic E-state index is -1.21. The monoisotopic (exact) mass is 376 g/mol. The zero-order valence-electron chi connectivity index (χ0n) is 15.5. The Labute approximate surface area is 157 Å². The number of ether oxygens (including phenoxy) is 1. The van der Waals surface area contributed by atoms with Gasteiger partial charge < -0.3 is 24.7 Å². The van der Waals surface area contributed by atoms with Gasteiger partial charge in [0.1, 0.15) is 5.75 Å². The highest BCUT2D eigenvalue weighted by atomic mass is 16.5. The number of amides is 2. The van der Waals surface area contributed by atoms with Crippen LogP contribution in [0.25, 0.3) is 0 Å². The van der Waals surface area contributed by atoms with Crippen molar-refractivity contribution in [2.45, 2.75) is 32.3 Å². The number of fused-ring (bicyclic) bond motifs is 1. The van der Waals surface area contributed by atoms with E-state index in [9.17, 15) is 24.6 Å². The number of likely N-dealkylation sites (tertiary alicyclic amines) is 1. The molecule has 3 rings (SSSR count). The maximum Gasteiger partial charge on any atom is 0.312 e. The van der Waals surface area contributed by atoms with E-state index >= 15 is 0 Å². The number of aliphatic carboxylic acids is 1. The largest absolute Gasteiger partial charge is 0.482 e. The highest BCUT2D eigenvalue weighted by Gasteiger charge is 2.48. The standard InChI is InChI=1S/C19H24N2O6/c1-3-6-19(18(25)26)7-8-21(10-15(19)22)17(24)12-4-5-14-13(9-12)20(2)16(23)11-27-14/h4-5,9,15,22H,3,6-8,10-11H2,1-2H3,(H,25,26)/t15-,19+/m1/s1. The van der Waals surface area contributed by atoms with Crippen molar-refractivity contribution in [3.05, 3.63) is 23.8 Å². The second-order valence-corrected chi connectivity index (χ2v) is 7.15. The van der Waals surface area contributed by atoms with Gasteiger partial charge in [0.2, 0.25) is 0 Å². The van der Waals surface area contributed by atoms with Crippen molar-refractivity contribution in [1.82, 2.24) is 4.90 Å². The molecule has 0 saturated carbocycles. The third kappa shape index (κ3) is 3.25. The molecule has 2 atom stereocenters. The summed E-state index contributed by atoms with van der Waals surface area (Å²) < 4.78 is 5.36. The minimum Gasteiger partial charge on any atom is -0.482 e. The van der Waals surface area contributed by atoms with Gasteiger partial charge in [-0.05, 0) is 31.0 Å². The second kappa shape index (κ2) is 7.19. The molecule has 1 aromatic rings. The number of aliphatic hydroxyl groups is 1. The minimum absolute atomic E-state index is 0.0342. The predicted octanol–water partition coefficient (Wildman–Crippen LogP) is 1.12. The number of likely N-dealkylation sites (N-methyl/N-ethyl adjacent to an activating group) is 1. The van der Waals surface area contributed by atoms with Crippen molar-refractivity contribution in [3.63, 3.8) is 0 Å². The maximum atomic E-state index is 12.9. The number of carboxylic acids is 1. The number of piperidine rings is 1. The molecule has 2 aliphatic rings. The summed E-state index contributed by atoms with van der Waals surface area (Å²) >= 11 is 0. The Bertz CT molecular complexity index is 779. The lowest BCUT2D eigenvalue weighted by atomic mass is 9.72. The van der Waals surface area contributed by atoms with Gasteiger partial charge in [0.25, 0.3) is 11.8 Å².